The average molecular weight is 553 g/mol. The molecule has 2 aromatic carbocycles. The minimum Gasteiger partial charge on any atom is -0.512 e. The van der Waals surface area contributed by atoms with Crippen LogP contribution < -0.4 is 4.57 Å². The quantitative estimate of drug-likeness (QED) is 0.204. The van der Waals surface area contributed by atoms with Crippen LogP contribution in [0.2, 0.25) is 0 Å². The predicted molar refractivity (Wildman–Crippen MR) is 111 cm³/mol. The number of carbonyl (C=O) groups excluding carboxylic acids is 1. The summed E-state index contributed by atoms with van der Waals surface area (Å²) >= 11 is 0. The predicted octanol–water partition coefficient (Wildman–Crippen LogP) is 5.27. The van der Waals surface area contributed by atoms with Crippen LogP contribution in [0.3, 0.4) is 0 Å². The Morgan fingerprint density at radius 1 is 1.07 bits per heavy atom. The van der Waals surface area contributed by atoms with E-state index in [-0.39, 0.29) is 31.6 Å². The van der Waals surface area contributed by atoms with Crippen molar-refractivity contribution in [3.63, 3.8) is 0 Å². The number of carbonyl (C=O) groups is 1. The minimum atomic E-state index is -0.125. The van der Waals surface area contributed by atoms with Gasteiger partial charge >= 0.3 is 0 Å². The summed E-state index contributed by atoms with van der Waals surface area (Å²) in [6.07, 6.45) is 1.17. The van der Waals surface area contributed by atoms with Crippen molar-refractivity contribution in [2.24, 2.45) is 0 Å². The molecule has 0 atom stereocenters. The normalized spacial score (nSPS) is 10.6. The van der Waals surface area contributed by atoms with Crippen molar-refractivity contribution < 1.29 is 34.6 Å². The second-order valence-electron chi connectivity index (χ2n) is 6.71. The number of benzene rings is 2. The van der Waals surface area contributed by atoms with E-state index in [4.69, 9.17) is 5.11 Å². The molecule has 0 unspecified atom stereocenters. The van der Waals surface area contributed by atoms with E-state index < -0.39 is 0 Å². The zero-order chi connectivity index (χ0) is 20.1. The molecule has 0 fully saturated rings. The van der Waals surface area contributed by atoms with Gasteiger partial charge in [0.2, 0.25) is 0 Å². The summed E-state index contributed by atoms with van der Waals surface area (Å²) in [6, 6.07) is 16.9. The Bertz CT molecular complexity index is 1020. The first-order valence-corrected chi connectivity index (χ1v) is 8.76. The Labute approximate surface area is 181 Å². The van der Waals surface area contributed by atoms with E-state index in [1.165, 1.54) is 36.4 Å². The number of nitrogens with zero attached hydrogens (tertiary/aromatic N) is 1. The van der Waals surface area contributed by atoms with Crippen LogP contribution in [0.1, 0.15) is 30.5 Å². The van der Waals surface area contributed by atoms with Crippen LogP contribution in [0.4, 0.5) is 0 Å². The molecule has 4 heteroatoms. The molecule has 3 nitrogen and oxygen atoms in total. The van der Waals surface area contributed by atoms with Crippen molar-refractivity contribution in [2.45, 2.75) is 27.7 Å². The molecule has 1 radical (unpaired) electrons. The number of aliphatic hydroxyl groups is 1. The number of allylic oxidation sites excluding steroid dienone is 2. The fraction of sp³-hybridized carbons (Fsp3) is 0.167. The summed E-state index contributed by atoms with van der Waals surface area (Å²) in [7, 11) is 4.24. The van der Waals surface area contributed by atoms with Gasteiger partial charge in [0.25, 0.3) is 0 Å². The Morgan fingerprint density at radius 3 is 2.25 bits per heavy atom. The van der Waals surface area contributed by atoms with E-state index in [1.807, 2.05) is 22.8 Å². The topological polar surface area (TPSA) is 41.2 Å². The molecule has 0 saturated heterocycles. The molecule has 149 valence electrons. The van der Waals surface area contributed by atoms with Crippen LogP contribution in [0.25, 0.3) is 22.2 Å². The first kappa shape index (κ1) is 23.5. The molecule has 1 aromatic heterocycles. The molecular weight excluding hydrogens is 526 g/mol. The number of aliphatic hydroxyl groups excluding tert-OH is 1. The molecule has 1 N–H and O–H groups in total. The molecular formula is C24H26IrNO2-. The number of pyridine rings is 1. The zero-order valence-corrected chi connectivity index (χ0v) is 19.1. The molecule has 3 rings (SSSR count). The molecule has 0 saturated carbocycles. The van der Waals surface area contributed by atoms with Crippen LogP contribution in [0, 0.1) is 27.8 Å². The minimum absolute atomic E-state index is 0. The zero-order valence-electron chi connectivity index (χ0n) is 16.7. The van der Waals surface area contributed by atoms with Gasteiger partial charge in [0.05, 0.1) is 11.5 Å². The largest absolute Gasteiger partial charge is 0.512 e. The Morgan fingerprint density at radius 2 is 1.71 bits per heavy atom. The summed E-state index contributed by atoms with van der Waals surface area (Å²) in [4.78, 5) is 10.0. The summed E-state index contributed by atoms with van der Waals surface area (Å²) in [5.74, 6) is -0.0625. The third-order valence-electron chi connectivity index (χ3n) is 4.22. The second-order valence-corrected chi connectivity index (χ2v) is 6.71. The van der Waals surface area contributed by atoms with Crippen molar-refractivity contribution in [1.82, 2.24) is 0 Å². The van der Waals surface area contributed by atoms with Gasteiger partial charge in [0.15, 0.2) is 5.78 Å². The van der Waals surface area contributed by atoms with Gasteiger partial charge in [-0.1, -0.05) is 35.4 Å². The van der Waals surface area contributed by atoms with Gasteiger partial charge in [-0.3, -0.25) is 4.79 Å². The average Bonchev–Trinajstić information content (AvgIpc) is 2.58. The van der Waals surface area contributed by atoms with Crippen LogP contribution in [0.15, 0.2) is 60.4 Å². The molecule has 0 aliphatic rings. The van der Waals surface area contributed by atoms with Gasteiger partial charge in [-0.25, -0.2) is 0 Å². The molecule has 0 aliphatic carbocycles. The van der Waals surface area contributed by atoms with Crippen molar-refractivity contribution >= 4 is 16.7 Å². The monoisotopic (exact) mass is 553 g/mol. The van der Waals surface area contributed by atoms with Gasteiger partial charge in [-0.2, -0.15) is 18.6 Å². The van der Waals surface area contributed by atoms with Gasteiger partial charge < -0.3 is 9.67 Å². The Hall–Kier alpha value is -2.55. The number of rotatable bonds is 2. The maximum Gasteiger partial charge on any atom is 0.155 e. The summed E-state index contributed by atoms with van der Waals surface area (Å²) < 4.78 is 2.01. The maximum atomic E-state index is 10.0. The molecule has 28 heavy (non-hydrogen) atoms. The van der Waals surface area contributed by atoms with Crippen LogP contribution in [-0.2, 0) is 24.9 Å². The van der Waals surface area contributed by atoms with E-state index in [1.54, 1.807) is 0 Å². The number of hydrogen-bond donors (Lipinski definition) is 1. The summed E-state index contributed by atoms with van der Waals surface area (Å²) in [6.45, 7) is 11.2. The molecule has 3 aromatic rings. The fourth-order valence-corrected chi connectivity index (χ4v) is 2.98. The Kier molecular flexibility index (Phi) is 8.49. The van der Waals surface area contributed by atoms with Gasteiger partial charge in [-0.15, -0.1) is 17.7 Å². The van der Waals surface area contributed by atoms with Gasteiger partial charge in [0.1, 0.15) is 5.52 Å². The van der Waals surface area contributed by atoms with Crippen molar-refractivity contribution in [3.05, 3.63) is 91.0 Å². The van der Waals surface area contributed by atoms with Gasteiger partial charge in [0, 0.05) is 33.2 Å². The van der Waals surface area contributed by atoms with Crippen LogP contribution in [0.5, 0.6) is 0 Å². The maximum absolute atomic E-state index is 10.0. The number of aryl methyl sites for hydroxylation is 2. The van der Waals surface area contributed by atoms with E-state index in [0.29, 0.717) is 0 Å². The smallest absolute Gasteiger partial charge is 0.155 e. The van der Waals surface area contributed by atoms with E-state index >= 15 is 0 Å². The third-order valence-corrected chi connectivity index (χ3v) is 4.22. The molecule has 0 bridgehead atoms. The first-order chi connectivity index (χ1) is 12.7. The SMILES string of the molecule is CC(=O)/C=C(/C)O.[CH2-]c1ccccc1-c1cc(C)c2ccc(C)cc2[n+]1[CH2-].[Ir]. The van der Waals surface area contributed by atoms with Crippen LogP contribution in [-0.4, -0.2) is 10.9 Å². The molecule has 0 aliphatic heterocycles. The Balaban J connectivity index is 0.000000425. The van der Waals surface area contributed by atoms with E-state index in [2.05, 4.69) is 58.2 Å². The fourth-order valence-electron chi connectivity index (χ4n) is 2.98. The first-order valence-electron chi connectivity index (χ1n) is 8.76. The second kappa shape index (κ2) is 10.1. The summed E-state index contributed by atoms with van der Waals surface area (Å²) in [5.41, 5.74) is 6.92. The standard InChI is InChI=1S/C19H18N.C5H8O2.Ir/c1-13-9-10-17-15(3)12-19(20(4)18(17)11-13)16-8-6-5-7-14(16)2;1-4(6)3-5(2)7;/h5-12H,2,4H2,1,3H3;3,6H,1-2H3;/q-1;;/b;4-3-;. The van der Waals surface area contributed by atoms with Crippen molar-refractivity contribution in [3.8, 4) is 11.3 Å². The van der Waals surface area contributed by atoms with Crippen LogP contribution >= 0.6 is 0 Å². The van der Waals surface area contributed by atoms with E-state index in [9.17, 15) is 4.79 Å². The summed E-state index contributed by atoms with van der Waals surface area (Å²) in [5, 5.41) is 9.61. The third kappa shape index (κ3) is 5.72. The van der Waals surface area contributed by atoms with Crippen molar-refractivity contribution in [2.75, 3.05) is 0 Å². The molecule has 1 heterocycles. The van der Waals surface area contributed by atoms with E-state index in [0.717, 1.165) is 22.3 Å². The number of fused-ring (bicyclic) bond motifs is 1. The molecule has 0 amide bonds. The number of hydrogen-bond acceptors (Lipinski definition) is 2. The number of aromatic nitrogens is 1. The molecule has 0 spiro atoms. The van der Waals surface area contributed by atoms with Crippen molar-refractivity contribution in [1.29, 1.82) is 0 Å². The van der Waals surface area contributed by atoms with Gasteiger partial charge in [-0.05, 0) is 39.1 Å². The number of ketones is 1.